The molecule has 0 saturated heterocycles. The van der Waals surface area contributed by atoms with Gasteiger partial charge < -0.3 is 10.2 Å². The number of phenols is 2. The molecule has 0 aliphatic carbocycles. The lowest BCUT2D eigenvalue weighted by Crippen LogP contribution is -2.33. The third kappa shape index (κ3) is 5.16. The molecule has 0 spiro atoms. The average Bonchev–Trinajstić information content (AvgIpc) is 2.64. The van der Waals surface area contributed by atoms with Crippen LogP contribution >= 0.6 is 0 Å². The van der Waals surface area contributed by atoms with Crippen molar-refractivity contribution in [1.29, 1.82) is 0 Å². The molecule has 0 bridgehead atoms. The minimum Gasteiger partial charge on any atom is -0.507 e. The van der Waals surface area contributed by atoms with Crippen molar-refractivity contribution in [3.8, 4) is 11.5 Å². The molecule has 0 unspecified atom stereocenters. The summed E-state index contributed by atoms with van der Waals surface area (Å²) in [6, 6.07) is 13.8. The van der Waals surface area contributed by atoms with Crippen LogP contribution in [-0.4, -0.2) is 18.3 Å². The first-order valence-corrected chi connectivity index (χ1v) is 13.1. The summed E-state index contributed by atoms with van der Waals surface area (Å²) in [6.07, 6.45) is 2.23. The van der Waals surface area contributed by atoms with Crippen LogP contribution in [0.5, 0.6) is 11.5 Å². The fourth-order valence-electron chi connectivity index (χ4n) is 4.28. The van der Waals surface area contributed by atoms with E-state index in [1.54, 1.807) is 0 Å². The molecule has 148 valence electrons. The zero-order chi connectivity index (χ0) is 20.2. The van der Waals surface area contributed by atoms with Crippen molar-refractivity contribution in [1.82, 2.24) is 0 Å². The lowest BCUT2D eigenvalue weighted by molar-refractivity contribution is 0.466. The third-order valence-corrected chi connectivity index (χ3v) is 12.1. The molecular formula is C24H36O2Si. The number of hydrogen-bond acceptors (Lipinski definition) is 2. The number of phenolic OH excluding ortho intramolecular Hbond substituents is 2. The molecule has 0 heterocycles. The Kier molecular flexibility index (Phi) is 7.16. The maximum absolute atomic E-state index is 10.0. The van der Waals surface area contributed by atoms with Gasteiger partial charge in [-0.2, -0.15) is 0 Å². The lowest BCUT2D eigenvalue weighted by atomic mass is 10.0. The number of aromatic hydroxyl groups is 2. The van der Waals surface area contributed by atoms with Crippen molar-refractivity contribution in [2.24, 2.45) is 0 Å². The monoisotopic (exact) mass is 384 g/mol. The highest BCUT2D eigenvalue weighted by molar-refractivity contribution is 6.79. The van der Waals surface area contributed by atoms with E-state index < -0.39 is 8.07 Å². The van der Waals surface area contributed by atoms with E-state index in [4.69, 9.17) is 0 Å². The van der Waals surface area contributed by atoms with E-state index in [1.807, 2.05) is 27.7 Å². The molecule has 2 aromatic carbocycles. The Bertz CT molecular complexity index is 681. The van der Waals surface area contributed by atoms with Gasteiger partial charge in [-0.05, 0) is 73.9 Å². The number of rotatable bonds is 8. The highest BCUT2D eigenvalue weighted by atomic mass is 28.3. The Morgan fingerprint density at radius 3 is 1.19 bits per heavy atom. The second kappa shape index (κ2) is 8.96. The van der Waals surface area contributed by atoms with E-state index in [0.29, 0.717) is 11.5 Å². The van der Waals surface area contributed by atoms with Crippen molar-refractivity contribution < 1.29 is 10.2 Å². The van der Waals surface area contributed by atoms with Gasteiger partial charge in [0.2, 0.25) is 0 Å². The summed E-state index contributed by atoms with van der Waals surface area (Å²) < 4.78 is 0. The van der Waals surface area contributed by atoms with Crippen molar-refractivity contribution in [2.45, 2.75) is 78.6 Å². The lowest BCUT2D eigenvalue weighted by Gasteiger charge is -2.30. The quantitative estimate of drug-likeness (QED) is 0.503. The topological polar surface area (TPSA) is 40.5 Å². The van der Waals surface area contributed by atoms with Crippen molar-refractivity contribution in [3.05, 3.63) is 57.6 Å². The van der Waals surface area contributed by atoms with Crippen LogP contribution in [0.25, 0.3) is 0 Å². The SMILES string of the molecule is CC[Si](CC)(CCc1cc(C)c(O)c(C)c1)CCc1cc(C)c(O)c(C)c1. The van der Waals surface area contributed by atoms with Crippen LogP contribution in [0, 0.1) is 27.7 Å². The maximum Gasteiger partial charge on any atom is 0.121 e. The number of aryl methyl sites for hydroxylation is 6. The summed E-state index contributed by atoms with van der Waals surface area (Å²) in [7, 11) is -1.33. The minimum absolute atomic E-state index is 0.436. The summed E-state index contributed by atoms with van der Waals surface area (Å²) in [5.41, 5.74) is 6.66. The Morgan fingerprint density at radius 2 is 0.926 bits per heavy atom. The van der Waals surface area contributed by atoms with E-state index in [9.17, 15) is 10.2 Å². The van der Waals surface area contributed by atoms with Gasteiger partial charge in [-0.3, -0.25) is 0 Å². The average molecular weight is 385 g/mol. The predicted molar refractivity (Wildman–Crippen MR) is 119 cm³/mol. The van der Waals surface area contributed by atoms with Gasteiger partial charge in [0.05, 0.1) is 8.07 Å². The molecule has 2 rings (SSSR count). The van der Waals surface area contributed by atoms with Gasteiger partial charge in [-0.25, -0.2) is 0 Å². The second-order valence-electron chi connectivity index (χ2n) is 8.36. The van der Waals surface area contributed by atoms with Crippen LogP contribution in [-0.2, 0) is 12.8 Å². The van der Waals surface area contributed by atoms with E-state index >= 15 is 0 Å². The molecule has 0 aliphatic rings. The molecule has 2 aromatic rings. The molecule has 27 heavy (non-hydrogen) atoms. The Balaban J connectivity index is 2.11. The first-order chi connectivity index (χ1) is 12.7. The fraction of sp³-hybridized carbons (Fsp3) is 0.500. The molecule has 0 atom stereocenters. The Morgan fingerprint density at radius 1 is 0.630 bits per heavy atom. The Labute approximate surface area is 166 Å². The van der Waals surface area contributed by atoms with Gasteiger partial charge >= 0.3 is 0 Å². The number of benzene rings is 2. The summed E-state index contributed by atoms with van der Waals surface area (Å²) in [5.74, 6) is 0.873. The van der Waals surface area contributed by atoms with Gasteiger partial charge in [0.15, 0.2) is 0 Å². The Hall–Kier alpha value is -1.74. The molecule has 0 saturated carbocycles. The summed E-state index contributed by atoms with van der Waals surface area (Å²) in [5, 5.41) is 20.0. The van der Waals surface area contributed by atoms with Gasteiger partial charge in [0.1, 0.15) is 11.5 Å². The van der Waals surface area contributed by atoms with Crippen LogP contribution in [0.15, 0.2) is 24.3 Å². The maximum atomic E-state index is 10.0. The van der Waals surface area contributed by atoms with Crippen LogP contribution < -0.4 is 0 Å². The summed E-state index contributed by atoms with van der Waals surface area (Å²) >= 11 is 0. The molecule has 0 amide bonds. The highest BCUT2D eigenvalue weighted by Crippen LogP contribution is 2.32. The van der Waals surface area contributed by atoms with Crippen LogP contribution in [0.1, 0.15) is 47.2 Å². The fourth-order valence-corrected chi connectivity index (χ4v) is 8.08. The van der Waals surface area contributed by atoms with Crippen molar-refractivity contribution in [3.63, 3.8) is 0 Å². The van der Waals surface area contributed by atoms with Gasteiger partial charge in [-0.15, -0.1) is 0 Å². The zero-order valence-electron chi connectivity index (χ0n) is 17.9. The summed E-state index contributed by atoms with van der Waals surface area (Å²) in [6.45, 7) is 12.7. The molecule has 0 fully saturated rings. The highest BCUT2D eigenvalue weighted by Gasteiger charge is 2.28. The van der Waals surface area contributed by atoms with Crippen molar-refractivity contribution in [2.75, 3.05) is 0 Å². The predicted octanol–water partition coefficient (Wildman–Crippen LogP) is 6.61. The second-order valence-corrected chi connectivity index (χ2v) is 13.8. The largest absolute Gasteiger partial charge is 0.507 e. The molecular weight excluding hydrogens is 348 g/mol. The molecule has 2 nitrogen and oxygen atoms in total. The standard InChI is InChI=1S/C24H36O2Si/c1-7-27(8-2,11-9-21-13-17(3)23(25)18(4)14-21)12-10-22-15-19(5)24(26)20(6)16-22/h13-16,25-26H,7-12H2,1-6H3. The van der Waals surface area contributed by atoms with Crippen molar-refractivity contribution >= 4 is 8.07 Å². The molecule has 3 heteroatoms. The molecule has 0 aliphatic heterocycles. The molecule has 0 radical (unpaired) electrons. The zero-order valence-corrected chi connectivity index (χ0v) is 18.9. The first-order valence-electron chi connectivity index (χ1n) is 10.3. The molecule has 0 aromatic heterocycles. The van der Waals surface area contributed by atoms with E-state index in [2.05, 4.69) is 38.1 Å². The van der Waals surface area contributed by atoms with Crippen LogP contribution in [0.3, 0.4) is 0 Å². The minimum atomic E-state index is -1.33. The van der Waals surface area contributed by atoms with E-state index in [0.717, 1.165) is 35.1 Å². The third-order valence-electron chi connectivity index (χ3n) is 6.49. The van der Waals surface area contributed by atoms with E-state index in [-0.39, 0.29) is 0 Å². The smallest absolute Gasteiger partial charge is 0.121 e. The number of hydrogen-bond donors (Lipinski definition) is 2. The van der Waals surface area contributed by atoms with Crippen LogP contribution in [0.4, 0.5) is 0 Å². The summed E-state index contributed by atoms with van der Waals surface area (Å²) in [4.78, 5) is 0. The van der Waals surface area contributed by atoms with Gasteiger partial charge in [0, 0.05) is 0 Å². The normalized spacial score (nSPS) is 11.8. The van der Waals surface area contributed by atoms with E-state index in [1.165, 1.54) is 35.3 Å². The van der Waals surface area contributed by atoms with Gasteiger partial charge in [-0.1, -0.05) is 62.3 Å². The first kappa shape index (κ1) is 21.6. The molecule has 2 N–H and O–H groups in total. The van der Waals surface area contributed by atoms with Crippen LogP contribution in [0.2, 0.25) is 24.2 Å². The van der Waals surface area contributed by atoms with Gasteiger partial charge in [0.25, 0.3) is 0 Å².